The van der Waals surface area contributed by atoms with Gasteiger partial charge in [-0.25, -0.2) is 13.8 Å². The lowest BCUT2D eigenvalue weighted by Crippen LogP contribution is -2.57. The topological polar surface area (TPSA) is 95.4 Å². The number of phenolic OH excluding ortho intramolecular Hbond substituents is 1. The number of carbonyl (C=O) groups is 2. The zero-order valence-electron chi connectivity index (χ0n) is 21.1. The first-order valence-electron chi connectivity index (χ1n) is 12.5. The fraction of sp³-hybridized carbons (Fsp3) is 0.250. The summed E-state index contributed by atoms with van der Waals surface area (Å²) in [6.07, 6.45) is 1.22. The van der Waals surface area contributed by atoms with E-state index in [0.717, 1.165) is 6.07 Å². The van der Waals surface area contributed by atoms with E-state index in [0.29, 0.717) is 12.2 Å². The van der Waals surface area contributed by atoms with Crippen molar-refractivity contribution in [1.82, 2.24) is 14.8 Å². The quantitative estimate of drug-likeness (QED) is 0.474. The van der Waals surface area contributed by atoms with Gasteiger partial charge in [-0.3, -0.25) is 9.59 Å². The third-order valence-corrected chi connectivity index (χ3v) is 7.56. The van der Waals surface area contributed by atoms with Crippen LogP contribution < -0.4 is 14.4 Å². The molecule has 12 heteroatoms. The van der Waals surface area contributed by atoms with E-state index >= 15 is 4.39 Å². The first-order chi connectivity index (χ1) is 19.3. The van der Waals surface area contributed by atoms with Gasteiger partial charge in [-0.1, -0.05) is 24.2 Å². The first-order valence-corrected chi connectivity index (χ1v) is 12.9. The van der Waals surface area contributed by atoms with E-state index in [4.69, 9.17) is 21.1 Å². The fourth-order valence-corrected chi connectivity index (χ4v) is 5.58. The Bertz CT molecular complexity index is 1550. The van der Waals surface area contributed by atoms with Crippen LogP contribution in [-0.4, -0.2) is 77.1 Å². The molecule has 3 aliphatic heterocycles. The summed E-state index contributed by atoms with van der Waals surface area (Å²) in [5.74, 6) is -2.08. The van der Waals surface area contributed by atoms with Crippen LogP contribution in [0.5, 0.6) is 17.2 Å². The molecular formula is C28H23ClF2N4O5. The molecule has 1 fully saturated rings. The standard InChI is InChI=1S/C28H23ClF2N4O5/c1-2-21(37)33-8-9-34-16(13-33)14-40-26-23(28(34)38)27(35-10-11-39-20-12-15(30)6-7-18(20)35)32-25(24(26)29)22-17(31)4-3-5-19(22)36/h2-7,12,16,36H,1,8-11,13-14H2/t16-/m1/s1. The number of halogens is 3. The van der Waals surface area contributed by atoms with Crippen molar-refractivity contribution in [2.24, 2.45) is 0 Å². The van der Waals surface area contributed by atoms with Crippen molar-refractivity contribution in [3.63, 3.8) is 0 Å². The average Bonchev–Trinajstić information content (AvgIpc) is 3.09. The normalized spacial score (nSPS) is 18.1. The van der Waals surface area contributed by atoms with Gasteiger partial charge in [-0.15, -0.1) is 0 Å². The number of amides is 2. The number of fused-ring (bicyclic) bond motifs is 3. The molecule has 1 N–H and O–H groups in total. The van der Waals surface area contributed by atoms with Gasteiger partial charge in [0.15, 0.2) is 11.6 Å². The zero-order chi connectivity index (χ0) is 28.1. The molecule has 0 radical (unpaired) electrons. The molecule has 3 aliphatic rings. The number of benzene rings is 2. The van der Waals surface area contributed by atoms with Crippen molar-refractivity contribution in [3.8, 4) is 28.5 Å². The van der Waals surface area contributed by atoms with Gasteiger partial charge in [0.25, 0.3) is 5.91 Å². The monoisotopic (exact) mass is 568 g/mol. The highest BCUT2D eigenvalue weighted by molar-refractivity contribution is 6.35. The molecule has 0 bridgehead atoms. The Balaban J connectivity index is 1.56. The molecule has 1 atom stereocenters. The number of anilines is 2. The summed E-state index contributed by atoms with van der Waals surface area (Å²) in [4.78, 5) is 35.9. The molecule has 0 aliphatic carbocycles. The van der Waals surface area contributed by atoms with Gasteiger partial charge in [-0.2, -0.15) is 0 Å². The molecule has 206 valence electrons. The molecule has 3 aromatic rings. The van der Waals surface area contributed by atoms with E-state index in [2.05, 4.69) is 11.6 Å². The predicted molar refractivity (Wildman–Crippen MR) is 142 cm³/mol. The number of aromatic nitrogens is 1. The minimum Gasteiger partial charge on any atom is -0.507 e. The maximum atomic E-state index is 15.1. The molecule has 1 aromatic heterocycles. The van der Waals surface area contributed by atoms with Crippen LogP contribution in [0.3, 0.4) is 0 Å². The predicted octanol–water partition coefficient (Wildman–Crippen LogP) is 4.15. The number of rotatable bonds is 3. The molecule has 0 spiro atoms. The molecule has 6 rings (SSSR count). The number of hydrogen-bond donors (Lipinski definition) is 1. The second kappa shape index (κ2) is 9.98. The lowest BCUT2D eigenvalue weighted by Gasteiger charge is -2.39. The van der Waals surface area contributed by atoms with Crippen LogP contribution in [0.15, 0.2) is 49.1 Å². The molecule has 0 unspecified atom stereocenters. The fourth-order valence-electron chi connectivity index (χ4n) is 5.30. The Morgan fingerprint density at radius 1 is 1.15 bits per heavy atom. The molecule has 2 aromatic carbocycles. The summed E-state index contributed by atoms with van der Waals surface area (Å²) in [6, 6.07) is 7.27. The van der Waals surface area contributed by atoms with Gasteiger partial charge in [0.2, 0.25) is 5.91 Å². The van der Waals surface area contributed by atoms with Gasteiger partial charge < -0.3 is 29.3 Å². The number of piperazine rings is 1. The zero-order valence-corrected chi connectivity index (χ0v) is 21.8. The number of ether oxygens (including phenoxy) is 2. The Morgan fingerprint density at radius 3 is 2.75 bits per heavy atom. The van der Waals surface area contributed by atoms with Crippen molar-refractivity contribution in [2.45, 2.75) is 6.04 Å². The summed E-state index contributed by atoms with van der Waals surface area (Å²) in [5.41, 5.74) is 0.0818. The van der Waals surface area contributed by atoms with E-state index in [9.17, 15) is 19.1 Å². The van der Waals surface area contributed by atoms with Crippen molar-refractivity contribution >= 4 is 34.9 Å². The lowest BCUT2D eigenvalue weighted by molar-refractivity contribution is -0.128. The summed E-state index contributed by atoms with van der Waals surface area (Å²) in [6.45, 7) is 4.64. The SMILES string of the molecule is C=CC(=O)N1CCN2C(=O)c3c(N4CCOc5cc(F)ccc54)nc(-c4c(O)cccc4F)c(Cl)c3OC[C@H]2C1. The first kappa shape index (κ1) is 25.9. The van der Waals surface area contributed by atoms with Crippen LogP contribution in [-0.2, 0) is 4.79 Å². The largest absolute Gasteiger partial charge is 0.507 e. The Labute approximate surface area is 232 Å². The van der Waals surface area contributed by atoms with Gasteiger partial charge >= 0.3 is 0 Å². The van der Waals surface area contributed by atoms with Gasteiger partial charge in [-0.05, 0) is 30.3 Å². The summed E-state index contributed by atoms with van der Waals surface area (Å²) in [5, 5.41) is 10.4. The van der Waals surface area contributed by atoms with E-state index < -0.39 is 29.3 Å². The summed E-state index contributed by atoms with van der Waals surface area (Å²) >= 11 is 6.77. The van der Waals surface area contributed by atoms with Crippen LogP contribution in [0.1, 0.15) is 10.4 Å². The third kappa shape index (κ3) is 4.17. The van der Waals surface area contributed by atoms with Crippen molar-refractivity contribution in [2.75, 3.05) is 44.3 Å². The van der Waals surface area contributed by atoms with Gasteiger partial charge in [0, 0.05) is 25.7 Å². The molecular weight excluding hydrogens is 546 g/mol. The lowest BCUT2D eigenvalue weighted by atomic mass is 10.0. The molecule has 4 heterocycles. The molecule has 40 heavy (non-hydrogen) atoms. The van der Waals surface area contributed by atoms with Crippen molar-refractivity contribution in [3.05, 3.63) is 71.3 Å². The molecule has 1 saturated heterocycles. The highest BCUT2D eigenvalue weighted by Gasteiger charge is 2.41. The van der Waals surface area contributed by atoms with Crippen molar-refractivity contribution in [1.29, 1.82) is 0 Å². The average molecular weight is 569 g/mol. The molecule has 9 nitrogen and oxygen atoms in total. The number of phenols is 1. The Morgan fingerprint density at radius 2 is 1.98 bits per heavy atom. The number of carbonyl (C=O) groups excluding carboxylic acids is 2. The van der Waals surface area contributed by atoms with E-state index in [1.165, 1.54) is 36.4 Å². The van der Waals surface area contributed by atoms with Crippen molar-refractivity contribution < 1.29 is 33.0 Å². The third-order valence-electron chi connectivity index (χ3n) is 7.21. The summed E-state index contributed by atoms with van der Waals surface area (Å²) in [7, 11) is 0. The van der Waals surface area contributed by atoms with E-state index in [1.54, 1.807) is 14.7 Å². The number of hydrogen-bond acceptors (Lipinski definition) is 7. The maximum Gasteiger partial charge on any atom is 0.261 e. The van der Waals surface area contributed by atoms with Crippen LogP contribution in [0, 0.1) is 11.6 Å². The second-order valence-electron chi connectivity index (χ2n) is 9.50. The van der Waals surface area contributed by atoms with Crippen LogP contribution in [0.25, 0.3) is 11.3 Å². The highest BCUT2D eigenvalue weighted by Crippen LogP contribution is 2.48. The minimum absolute atomic E-state index is 0.00353. The van der Waals surface area contributed by atoms with E-state index in [1.807, 2.05) is 0 Å². The second-order valence-corrected chi connectivity index (χ2v) is 9.88. The van der Waals surface area contributed by atoms with Gasteiger partial charge in [0.1, 0.15) is 52.6 Å². The molecule has 0 saturated carbocycles. The van der Waals surface area contributed by atoms with Crippen LogP contribution in [0.4, 0.5) is 20.3 Å². The van der Waals surface area contributed by atoms with E-state index in [-0.39, 0.29) is 77.9 Å². The number of aromatic hydroxyl groups is 1. The summed E-state index contributed by atoms with van der Waals surface area (Å²) < 4.78 is 40.9. The highest BCUT2D eigenvalue weighted by atomic mass is 35.5. The Kier molecular flexibility index (Phi) is 6.46. The number of nitrogens with zero attached hydrogens (tertiary/aromatic N) is 4. The van der Waals surface area contributed by atoms with Crippen LogP contribution >= 0.6 is 11.6 Å². The maximum absolute atomic E-state index is 15.1. The molecule has 2 amide bonds. The Hall–Kier alpha value is -4.38. The van der Waals surface area contributed by atoms with Crippen LogP contribution in [0.2, 0.25) is 5.02 Å². The smallest absolute Gasteiger partial charge is 0.261 e. The van der Waals surface area contributed by atoms with Gasteiger partial charge in [0.05, 0.1) is 23.8 Å². The minimum atomic E-state index is -0.777. The number of pyridine rings is 1.